The maximum absolute atomic E-state index is 12.4. The molecular formula is C50H97NO3. The summed E-state index contributed by atoms with van der Waals surface area (Å²) in [6, 6.07) is -0.617. The fourth-order valence-corrected chi connectivity index (χ4v) is 7.65. The number of amides is 1. The molecule has 0 radical (unpaired) electrons. The van der Waals surface area contributed by atoms with Crippen molar-refractivity contribution in [3.05, 3.63) is 24.3 Å². The monoisotopic (exact) mass is 760 g/mol. The molecule has 0 spiro atoms. The van der Waals surface area contributed by atoms with E-state index in [1.807, 2.05) is 6.08 Å². The number of carbonyl (C=O) groups is 1. The Morgan fingerprint density at radius 3 is 1.02 bits per heavy atom. The Balaban J connectivity index is 3.41. The van der Waals surface area contributed by atoms with Gasteiger partial charge in [0, 0.05) is 6.42 Å². The van der Waals surface area contributed by atoms with Crippen LogP contribution < -0.4 is 5.32 Å². The van der Waals surface area contributed by atoms with Crippen molar-refractivity contribution in [1.82, 2.24) is 5.32 Å². The van der Waals surface area contributed by atoms with Gasteiger partial charge in [0.25, 0.3) is 0 Å². The molecule has 54 heavy (non-hydrogen) atoms. The molecule has 4 heteroatoms. The van der Waals surface area contributed by atoms with Gasteiger partial charge < -0.3 is 15.5 Å². The molecule has 0 aromatic carbocycles. The highest BCUT2D eigenvalue weighted by atomic mass is 16.3. The lowest BCUT2D eigenvalue weighted by atomic mass is 10.0. The third-order valence-corrected chi connectivity index (χ3v) is 11.4. The molecule has 0 aliphatic heterocycles. The second-order valence-corrected chi connectivity index (χ2v) is 16.9. The van der Waals surface area contributed by atoms with Crippen LogP contribution >= 0.6 is 0 Å². The number of unbranched alkanes of at least 4 members (excludes halogenated alkanes) is 36. The zero-order valence-electron chi connectivity index (χ0n) is 36.8. The van der Waals surface area contributed by atoms with E-state index in [9.17, 15) is 15.0 Å². The second-order valence-electron chi connectivity index (χ2n) is 16.9. The van der Waals surface area contributed by atoms with E-state index in [2.05, 4.69) is 31.3 Å². The van der Waals surface area contributed by atoms with Crippen molar-refractivity contribution < 1.29 is 15.0 Å². The third-order valence-electron chi connectivity index (χ3n) is 11.4. The molecule has 0 bridgehead atoms. The van der Waals surface area contributed by atoms with Crippen LogP contribution in [0.25, 0.3) is 0 Å². The SMILES string of the molecule is CCCCCCCCCC/C=C\CCCCCCCCCCCCCCCCCCCCCC(=O)NC(CO)C(O)/C=C/CCCCCCCCCCC. The van der Waals surface area contributed by atoms with Crippen molar-refractivity contribution in [3.63, 3.8) is 0 Å². The van der Waals surface area contributed by atoms with Crippen molar-refractivity contribution in [2.45, 2.75) is 283 Å². The second kappa shape index (κ2) is 46.3. The van der Waals surface area contributed by atoms with Crippen LogP contribution in [-0.2, 0) is 4.79 Å². The number of rotatable bonds is 45. The summed E-state index contributed by atoms with van der Waals surface area (Å²) in [6.45, 7) is 4.31. The number of aliphatic hydroxyl groups is 2. The largest absolute Gasteiger partial charge is 0.394 e. The van der Waals surface area contributed by atoms with Gasteiger partial charge >= 0.3 is 0 Å². The highest BCUT2D eigenvalue weighted by Crippen LogP contribution is 2.16. The highest BCUT2D eigenvalue weighted by Gasteiger charge is 2.18. The Bertz CT molecular complexity index is 780. The first-order valence-corrected chi connectivity index (χ1v) is 24.6. The average Bonchev–Trinajstić information content (AvgIpc) is 3.18. The Morgan fingerprint density at radius 1 is 0.426 bits per heavy atom. The predicted octanol–water partition coefficient (Wildman–Crippen LogP) is 15.6. The maximum atomic E-state index is 12.4. The van der Waals surface area contributed by atoms with Crippen molar-refractivity contribution in [2.75, 3.05) is 6.61 Å². The van der Waals surface area contributed by atoms with Gasteiger partial charge in [0.15, 0.2) is 0 Å². The average molecular weight is 760 g/mol. The first-order chi connectivity index (χ1) is 26.7. The first-order valence-electron chi connectivity index (χ1n) is 24.6. The molecule has 0 aromatic rings. The molecule has 0 saturated heterocycles. The summed E-state index contributed by atoms with van der Waals surface area (Å²) in [5.41, 5.74) is 0. The first kappa shape index (κ1) is 52.9. The molecular weight excluding hydrogens is 663 g/mol. The Kier molecular flexibility index (Phi) is 45.3. The van der Waals surface area contributed by atoms with E-state index in [1.54, 1.807) is 6.08 Å². The van der Waals surface area contributed by atoms with E-state index in [0.717, 1.165) is 25.7 Å². The molecule has 1 amide bonds. The predicted molar refractivity (Wildman–Crippen MR) is 239 cm³/mol. The normalized spacial score (nSPS) is 13.0. The van der Waals surface area contributed by atoms with Crippen LogP contribution in [0.2, 0.25) is 0 Å². The summed E-state index contributed by atoms with van der Waals surface area (Å²) in [7, 11) is 0. The molecule has 0 heterocycles. The number of carbonyl (C=O) groups excluding carboxylic acids is 1. The fraction of sp³-hybridized carbons (Fsp3) is 0.900. The van der Waals surface area contributed by atoms with Gasteiger partial charge in [0.2, 0.25) is 5.91 Å². The third kappa shape index (κ3) is 42.0. The van der Waals surface area contributed by atoms with E-state index in [-0.39, 0.29) is 12.5 Å². The van der Waals surface area contributed by atoms with Gasteiger partial charge in [-0.15, -0.1) is 0 Å². The standard InChI is InChI=1S/C50H97NO3/c1-3-5-7-9-11-13-15-16-17-18-19-20-21-22-23-24-25-26-27-28-29-30-31-32-33-34-36-38-40-42-44-46-50(54)51-48(47-52)49(53)45-43-41-39-37-35-14-12-10-8-6-4-2/h18-19,43,45,48-49,52-53H,3-17,20-42,44,46-47H2,1-2H3,(H,51,54)/b19-18-,45-43+. The maximum Gasteiger partial charge on any atom is 0.220 e. The quantitative estimate of drug-likeness (QED) is 0.0428. The van der Waals surface area contributed by atoms with E-state index in [4.69, 9.17) is 0 Å². The van der Waals surface area contributed by atoms with Crippen LogP contribution in [0, 0.1) is 0 Å². The Labute approximate surface area is 339 Å². The van der Waals surface area contributed by atoms with Crippen molar-refractivity contribution in [2.24, 2.45) is 0 Å². The molecule has 0 aromatic heterocycles. The number of nitrogens with one attached hydrogen (secondary N) is 1. The van der Waals surface area contributed by atoms with Crippen molar-refractivity contribution >= 4 is 5.91 Å². The summed E-state index contributed by atoms with van der Waals surface area (Å²) in [5, 5.41) is 23.0. The zero-order valence-corrected chi connectivity index (χ0v) is 36.8. The number of allylic oxidation sites excluding steroid dienone is 3. The van der Waals surface area contributed by atoms with Gasteiger partial charge in [-0.1, -0.05) is 244 Å². The summed E-state index contributed by atoms with van der Waals surface area (Å²) in [5.74, 6) is -0.0612. The van der Waals surface area contributed by atoms with Crippen LogP contribution in [0.3, 0.4) is 0 Å². The van der Waals surface area contributed by atoms with Gasteiger partial charge in [-0.25, -0.2) is 0 Å². The summed E-state index contributed by atoms with van der Waals surface area (Å²) >= 11 is 0. The Morgan fingerprint density at radius 2 is 0.704 bits per heavy atom. The number of hydrogen-bond donors (Lipinski definition) is 3. The van der Waals surface area contributed by atoms with Gasteiger partial charge in [-0.3, -0.25) is 4.79 Å². The molecule has 0 fully saturated rings. The van der Waals surface area contributed by atoms with Crippen LogP contribution in [0.1, 0.15) is 271 Å². The van der Waals surface area contributed by atoms with Gasteiger partial charge in [0.05, 0.1) is 18.8 Å². The van der Waals surface area contributed by atoms with Gasteiger partial charge in [0.1, 0.15) is 0 Å². The lowest BCUT2D eigenvalue weighted by Gasteiger charge is -2.20. The van der Waals surface area contributed by atoms with Crippen LogP contribution in [0.15, 0.2) is 24.3 Å². The number of hydrogen-bond acceptors (Lipinski definition) is 3. The van der Waals surface area contributed by atoms with E-state index in [1.165, 1.54) is 225 Å². The lowest BCUT2D eigenvalue weighted by Crippen LogP contribution is -2.45. The van der Waals surface area contributed by atoms with Crippen LogP contribution in [0.4, 0.5) is 0 Å². The molecule has 0 saturated carbocycles. The smallest absolute Gasteiger partial charge is 0.220 e. The summed E-state index contributed by atoms with van der Waals surface area (Å²) in [6.07, 6.45) is 60.4. The molecule has 4 nitrogen and oxygen atoms in total. The summed E-state index contributed by atoms with van der Waals surface area (Å²) < 4.78 is 0. The molecule has 0 rings (SSSR count). The minimum Gasteiger partial charge on any atom is -0.394 e. The van der Waals surface area contributed by atoms with Crippen LogP contribution in [0.5, 0.6) is 0 Å². The van der Waals surface area contributed by atoms with Gasteiger partial charge in [-0.05, 0) is 44.9 Å². The molecule has 0 aliphatic rings. The minimum atomic E-state index is -0.834. The summed E-state index contributed by atoms with van der Waals surface area (Å²) in [4.78, 5) is 12.4. The van der Waals surface area contributed by atoms with Crippen LogP contribution in [-0.4, -0.2) is 34.9 Å². The topological polar surface area (TPSA) is 69.6 Å². The van der Waals surface area contributed by atoms with Crippen molar-refractivity contribution in [1.29, 1.82) is 0 Å². The molecule has 2 unspecified atom stereocenters. The zero-order chi connectivity index (χ0) is 39.3. The van der Waals surface area contributed by atoms with Gasteiger partial charge in [-0.2, -0.15) is 0 Å². The lowest BCUT2D eigenvalue weighted by molar-refractivity contribution is -0.123. The minimum absolute atomic E-state index is 0.0612. The molecule has 320 valence electrons. The van der Waals surface area contributed by atoms with E-state index >= 15 is 0 Å². The highest BCUT2D eigenvalue weighted by molar-refractivity contribution is 5.76. The van der Waals surface area contributed by atoms with E-state index in [0.29, 0.717) is 6.42 Å². The molecule has 2 atom stereocenters. The Hall–Kier alpha value is -1.13. The van der Waals surface area contributed by atoms with Crippen molar-refractivity contribution in [3.8, 4) is 0 Å². The molecule has 0 aliphatic carbocycles. The molecule has 3 N–H and O–H groups in total. The van der Waals surface area contributed by atoms with E-state index < -0.39 is 12.1 Å². The number of aliphatic hydroxyl groups excluding tert-OH is 2. The fourth-order valence-electron chi connectivity index (χ4n) is 7.65.